The monoisotopic (exact) mass is 510 g/mol. The molecule has 0 aliphatic carbocycles. The standard InChI is InChI=1S/C26H38N8OS/c1-25(7-10-28-11-8-25)33-17-26(18-33,6-9-27)34-16-21(15-31-34)23-22-5-12-32(24(22)30-19-29-23)20-35-13-14-36(2,3)4/h5,12,15-16,19,28H,6-8,10-11,13-14,17-18,20H2,1-4H3. The van der Waals surface area contributed by atoms with E-state index in [0.29, 0.717) is 13.2 Å². The maximum atomic E-state index is 9.64. The minimum absolute atomic E-state index is 0.193. The third-order valence-electron chi connectivity index (χ3n) is 7.79. The Morgan fingerprint density at radius 1 is 1.19 bits per heavy atom. The molecule has 2 fully saturated rings. The molecule has 194 valence electrons. The van der Waals surface area contributed by atoms with Crippen molar-refractivity contribution in [2.75, 3.05) is 57.3 Å². The van der Waals surface area contributed by atoms with Crippen molar-refractivity contribution in [3.63, 3.8) is 0 Å². The van der Waals surface area contributed by atoms with Gasteiger partial charge in [0, 0.05) is 47.7 Å². The fourth-order valence-electron chi connectivity index (χ4n) is 5.33. The third-order valence-corrected chi connectivity index (χ3v) is 9.18. The Hall–Kier alpha value is -2.45. The van der Waals surface area contributed by atoms with E-state index in [2.05, 4.69) is 64.2 Å². The number of fused-ring (bicyclic) bond motifs is 1. The molecule has 5 rings (SSSR count). The Morgan fingerprint density at radius 2 is 1.97 bits per heavy atom. The molecule has 0 unspecified atom stereocenters. The topological polar surface area (TPSA) is 96.8 Å². The molecule has 0 bridgehead atoms. The van der Waals surface area contributed by atoms with Crippen LogP contribution in [0, 0.1) is 11.3 Å². The summed E-state index contributed by atoms with van der Waals surface area (Å²) in [5.41, 5.74) is 2.57. The first-order valence-corrected chi connectivity index (χ1v) is 15.7. The van der Waals surface area contributed by atoms with Gasteiger partial charge in [0.05, 0.1) is 31.0 Å². The molecule has 10 heteroatoms. The van der Waals surface area contributed by atoms with Crippen molar-refractivity contribution in [2.45, 2.75) is 44.0 Å². The van der Waals surface area contributed by atoms with Gasteiger partial charge in [0.15, 0.2) is 0 Å². The van der Waals surface area contributed by atoms with Gasteiger partial charge in [-0.3, -0.25) is 9.58 Å². The van der Waals surface area contributed by atoms with E-state index in [1.54, 1.807) is 6.33 Å². The van der Waals surface area contributed by atoms with Crippen LogP contribution in [0.2, 0.25) is 0 Å². The number of hydrogen-bond donors (Lipinski definition) is 1. The van der Waals surface area contributed by atoms with E-state index < -0.39 is 10.0 Å². The lowest BCUT2D eigenvalue weighted by atomic mass is 9.78. The van der Waals surface area contributed by atoms with Crippen molar-refractivity contribution < 1.29 is 4.74 Å². The molecule has 36 heavy (non-hydrogen) atoms. The highest BCUT2D eigenvalue weighted by atomic mass is 32.3. The number of rotatable bonds is 9. The predicted molar refractivity (Wildman–Crippen MR) is 145 cm³/mol. The summed E-state index contributed by atoms with van der Waals surface area (Å²) in [7, 11) is -0.571. The molecule has 2 saturated heterocycles. The predicted octanol–water partition coefficient (Wildman–Crippen LogP) is 3.03. The first-order chi connectivity index (χ1) is 17.2. The summed E-state index contributed by atoms with van der Waals surface area (Å²) < 4.78 is 9.98. The highest BCUT2D eigenvalue weighted by molar-refractivity contribution is 8.32. The van der Waals surface area contributed by atoms with Gasteiger partial charge >= 0.3 is 0 Å². The fourth-order valence-corrected chi connectivity index (χ4v) is 5.94. The van der Waals surface area contributed by atoms with Crippen molar-refractivity contribution in [1.82, 2.24) is 34.5 Å². The van der Waals surface area contributed by atoms with Crippen molar-refractivity contribution in [3.8, 4) is 17.3 Å². The van der Waals surface area contributed by atoms with Crippen molar-refractivity contribution in [1.29, 1.82) is 5.26 Å². The van der Waals surface area contributed by atoms with Crippen molar-refractivity contribution in [2.24, 2.45) is 0 Å². The van der Waals surface area contributed by atoms with Gasteiger partial charge in [0.1, 0.15) is 24.2 Å². The van der Waals surface area contributed by atoms with Crippen LogP contribution >= 0.6 is 10.0 Å². The Labute approximate surface area is 215 Å². The molecule has 0 saturated carbocycles. The third kappa shape index (κ3) is 4.90. The Kier molecular flexibility index (Phi) is 6.85. The van der Waals surface area contributed by atoms with Crippen LogP contribution in [0.4, 0.5) is 0 Å². The Bertz CT molecular complexity index is 1240. The zero-order valence-electron chi connectivity index (χ0n) is 21.9. The summed E-state index contributed by atoms with van der Waals surface area (Å²) in [6, 6.07) is 4.47. The first-order valence-electron chi connectivity index (χ1n) is 12.6. The number of nitrogens with one attached hydrogen (secondary N) is 1. The lowest BCUT2D eigenvalue weighted by Crippen LogP contribution is -2.70. The smallest absolute Gasteiger partial charge is 0.145 e. The van der Waals surface area contributed by atoms with E-state index in [9.17, 15) is 5.26 Å². The molecule has 9 nitrogen and oxygen atoms in total. The van der Waals surface area contributed by atoms with Gasteiger partial charge in [-0.05, 0) is 57.7 Å². The SMILES string of the molecule is CC1(N2CC(CC#N)(n3cc(-c4ncnc5c4ccn5COCCS(C)(C)C)cn3)C2)CCNCC1. The van der Waals surface area contributed by atoms with E-state index >= 15 is 0 Å². The highest BCUT2D eigenvalue weighted by Crippen LogP contribution is 2.41. The summed E-state index contributed by atoms with van der Waals surface area (Å²) in [4.78, 5) is 11.7. The van der Waals surface area contributed by atoms with Crippen LogP contribution in [0.5, 0.6) is 0 Å². The van der Waals surface area contributed by atoms with Gasteiger partial charge in [0.25, 0.3) is 0 Å². The molecule has 0 amide bonds. The molecule has 0 spiro atoms. The van der Waals surface area contributed by atoms with Crippen LogP contribution < -0.4 is 5.32 Å². The molecule has 5 heterocycles. The van der Waals surface area contributed by atoms with E-state index in [4.69, 9.17) is 9.84 Å². The van der Waals surface area contributed by atoms with E-state index in [1.807, 2.05) is 21.6 Å². The largest absolute Gasteiger partial charge is 0.360 e. The Morgan fingerprint density at radius 3 is 2.69 bits per heavy atom. The second-order valence-electron chi connectivity index (χ2n) is 11.4. The average molecular weight is 511 g/mol. The lowest BCUT2D eigenvalue weighted by molar-refractivity contribution is -0.0776. The van der Waals surface area contributed by atoms with Gasteiger partial charge in [-0.2, -0.15) is 10.4 Å². The molecule has 3 aromatic rings. The van der Waals surface area contributed by atoms with Gasteiger partial charge in [-0.15, -0.1) is 0 Å². The van der Waals surface area contributed by atoms with Crippen LogP contribution in [0.3, 0.4) is 0 Å². The lowest BCUT2D eigenvalue weighted by Gasteiger charge is -2.57. The number of hydrogen-bond acceptors (Lipinski definition) is 7. The number of nitriles is 1. The van der Waals surface area contributed by atoms with E-state index in [-0.39, 0.29) is 11.1 Å². The summed E-state index contributed by atoms with van der Waals surface area (Å²) in [5, 5.41) is 18.8. The van der Waals surface area contributed by atoms with Crippen molar-refractivity contribution in [3.05, 3.63) is 31.0 Å². The molecule has 0 atom stereocenters. The number of likely N-dealkylation sites (tertiary alicyclic amines) is 1. The van der Waals surface area contributed by atoms with E-state index in [1.165, 1.54) is 0 Å². The van der Waals surface area contributed by atoms with Crippen LogP contribution in [-0.4, -0.2) is 92.1 Å². The van der Waals surface area contributed by atoms with Crippen molar-refractivity contribution >= 4 is 21.1 Å². The fraction of sp³-hybridized carbons (Fsp3) is 0.615. The van der Waals surface area contributed by atoms with Gasteiger partial charge in [0.2, 0.25) is 0 Å². The quantitative estimate of drug-likeness (QED) is 0.442. The van der Waals surface area contributed by atoms with Gasteiger partial charge in [-0.1, -0.05) is 0 Å². The minimum atomic E-state index is -0.571. The van der Waals surface area contributed by atoms with Crippen LogP contribution in [0.15, 0.2) is 31.0 Å². The van der Waals surface area contributed by atoms with Crippen LogP contribution in [0.1, 0.15) is 26.2 Å². The second-order valence-corrected chi connectivity index (χ2v) is 16.0. The number of aromatic nitrogens is 5. The molecular formula is C26H38N8OS. The maximum Gasteiger partial charge on any atom is 0.145 e. The van der Waals surface area contributed by atoms with E-state index in [0.717, 1.165) is 73.7 Å². The number of ether oxygens (including phenoxy) is 1. The summed E-state index contributed by atoms with van der Waals surface area (Å²) in [5.74, 6) is 1.09. The molecule has 2 aliphatic heterocycles. The summed E-state index contributed by atoms with van der Waals surface area (Å²) in [6.45, 7) is 7.38. The molecule has 0 aromatic carbocycles. The number of piperidine rings is 1. The zero-order valence-corrected chi connectivity index (χ0v) is 22.7. The molecule has 1 N–H and O–H groups in total. The highest BCUT2D eigenvalue weighted by Gasteiger charge is 2.51. The van der Waals surface area contributed by atoms with Gasteiger partial charge < -0.3 is 14.6 Å². The van der Waals surface area contributed by atoms with Crippen LogP contribution in [0.25, 0.3) is 22.3 Å². The summed E-state index contributed by atoms with van der Waals surface area (Å²) in [6.07, 6.45) is 17.2. The minimum Gasteiger partial charge on any atom is -0.360 e. The Balaban J connectivity index is 1.34. The van der Waals surface area contributed by atoms with Crippen LogP contribution in [-0.2, 0) is 17.0 Å². The first kappa shape index (κ1) is 25.2. The second kappa shape index (κ2) is 9.78. The van der Waals surface area contributed by atoms with Gasteiger partial charge in [-0.25, -0.2) is 20.0 Å². The molecule has 0 radical (unpaired) electrons. The zero-order chi connectivity index (χ0) is 25.4. The summed E-state index contributed by atoms with van der Waals surface area (Å²) >= 11 is 0. The maximum absolute atomic E-state index is 9.64. The average Bonchev–Trinajstić information content (AvgIpc) is 3.46. The molecule has 3 aromatic heterocycles. The molecule has 2 aliphatic rings. The number of nitrogens with zero attached hydrogens (tertiary/aromatic N) is 7. The molecular weight excluding hydrogens is 472 g/mol. The normalized spacial score (nSPS) is 20.2.